The van der Waals surface area contributed by atoms with E-state index in [2.05, 4.69) is 67.4 Å². The van der Waals surface area contributed by atoms with E-state index in [-0.39, 0.29) is 6.79 Å². The first-order chi connectivity index (χ1) is 11.5. The van der Waals surface area contributed by atoms with Gasteiger partial charge in [-0.1, -0.05) is 70.7 Å². The maximum atomic E-state index is 6.02. The third kappa shape index (κ3) is 4.90. The lowest BCUT2D eigenvalue weighted by atomic mass is 10.2. The van der Waals surface area contributed by atoms with Crippen LogP contribution < -0.4 is 25.8 Å². The molecule has 0 spiro atoms. The summed E-state index contributed by atoms with van der Waals surface area (Å²) in [5.41, 5.74) is 1.34. The van der Waals surface area contributed by atoms with Gasteiger partial charge in [0, 0.05) is 19.0 Å². The van der Waals surface area contributed by atoms with Crippen LogP contribution in [0.5, 0.6) is 5.75 Å². The zero-order chi connectivity index (χ0) is 17.6. The molecule has 0 saturated carbocycles. The molecule has 2 rings (SSSR count). The molecule has 0 saturated heterocycles. The molecule has 24 heavy (non-hydrogen) atoms. The Morgan fingerprint density at radius 3 is 2.38 bits per heavy atom. The van der Waals surface area contributed by atoms with Gasteiger partial charge in [0.2, 0.25) is 0 Å². The first-order valence-electron chi connectivity index (χ1n) is 8.22. The van der Waals surface area contributed by atoms with Crippen LogP contribution in [0.15, 0.2) is 42.5 Å². The number of rotatable bonds is 8. The van der Waals surface area contributed by atoms with Crippen molar-refractivity contribution < 1.29 is 9.47 Å². The molecule has 0 aliphatic rings. The van der Waals surface area contributed by atoms with Crippen molar-refractivity contribution in [2.75, 3.05) is 21.0 Å². The highest BCUT2D eigenvalue weighted by atomic mass is 31.1. The predicted octanol–water partition coefficient (Wildman–Crippen LogP) is 2.56. The topological polar surface area (TPSA) is 30.5 Å². The van der Waals surface area contributed by atoms with Gasteiger partial charge in [-0.15, -0.1) is 0 Å². The number of hydrogen-bond donors (Lipinski definition) is 1. The Balaban J connectivity index is 2.43. The fourth-order valence-corrected chi connectivity index (χ4v) is 5.54. The van der Waals surface area contributed by atoms with Crippen LogP contribution in [-0.4, -0.2) is 29.0 Å². The molecule has 0 amide bonds. The highest BCUT2D eigenvalue weighted by Crippen LogP contribution is 2.22. The summed E-state index contributed by atoms with van der Waals surface area (Å²) in [6.07, 6.45) is 0. The van der Waals surface area contributed by atoms with Crippen molar-refractivity contribution in [1.82, 2.24) is 5.32 Å². The van der Waals surface area contributed by atoms with Crippen molar-refractivity contribution in [3.05, 3.63) is 48.0 Å². The van der Waals surface area contributed by atoms with Crippen molar-refractivity contribution in [2.24, 2.45) is 0 Å². The average molecular weight is 361 g/mol. The molecule has 0 radical (unpaired) electrons. The molecule has 2 aromatic carbocycles. The van der Waals surface area contributed by atoms with E-state index >= 15 is 0 Å². The van der Waals surface area contributed by atoms with Crippen LogP contribution in [0, 0.1) is 0 Å². The zero-order valence-electron chi connectivity index (χ0n) is 15.3. The fraction of sp³-hybridized carbons (Fsp3) is 0.368. The molecule has 2 aromatic rings. The second-order valence-electron chi connectivity index (χ2n) is 6.80. The highest BCUT2D eigenvalue weighted by molar-refractivity contribution is 7.56. The Kier molecular flexibility index (Phi) is 6.99. The number of methoxy groups -OCH3 is 1. The van der Waals surface area contributed by atoms with Crippen LogP contribution in [0.2, 0.25) is 19.6 Å². The molecule has 0 aromatic heterocycles. The van der Waals surface area contributed by atoms with E-state index < -0.39 is 8.07 Å². The van der Waals surface area contributed by atoms with Crippen molar-refractivity contribution in [3.63, 3.8) is 0 Å². The van der Waals surface area contributed by atoms with Crippen molar-refractivity contribution in [2.45, 2.75) is 26.2 Å². The van der Waals surface area contributed by atoms with E-state index in [9.17, 15) is 0 Å². The third-order valence-electron chi connectivity index (χ3n) is 3.80. The lowest BCUT2D eigenvalue weighted by Gasteiger charge is -2.23. The summed E-state index contributed by atoms with van der Waals surface area (Å²) in [6.45, 7) is 8.22. The minimum absolute atomic E-state index is 0.289. The molecule has 130 valence electrons. The lowest BCUT2D eigenvalue weighted by Crippen LogP contribution is -2.40. The molecular formula is C19H28NO2PSi. The van der Waals surface area contributed by atoms with E-state index in [0.29, 0.717) is 8.58 Å². The highest BCUT2D eigenvalue weighted by Gasteiger charge is 2.23. The predicted molar refractivity (Wildman–Crippen MR) is 109 cm³/mol. The van der Waals surface area contributed by atoms with Gasteiger partial charge < -0.3 is 14.8 Å². The standard InChI is InChI=1S/C19H28NO2PSi/c1-20-13-15-9-6-7-10-16(15)23-17-11-8-12-18(24(3,4)5)19(17)22-14-21-2/h6-12,20,23H,13-14H2,1-5H3. The largest absolute Gasteiger partial charge is 0.467 e. The lowest BCUT2D eigenvalue weighted by molar-refractivity contribution is 0.0526. The Morgan fingerprint density at radius 2 is 1.71 bits per heavy atom. The van der Waals surface area contributed by atoms with Crippen LogP contribution in [0.4, 0.5) is 0 Å². The minimum Gasteiger partial charge on any atom is -0.467 e. The van der Waals surface area contributed by atoms with Gasteiger partial charge in [0.05, 0.1) is 8.07 Å². The summed E-state index contributed by atoms with van der Waals surface area (Å²) in [6, 6.07) is 15.2. The van der Waals surface area contributed by atoms with Crippen LogP contribution in [0.25, 0.3) is 0 Å². The van der Waals surface area contributed by atoms with E-state index in [1.165, 1.54) is 21.4 Å². The fourth-order valence-electron chi connectivity index (χ4n) is 2.63. The van der Waals surface area contributed by atoms with Crippen LogP contribution >= 0.6 is 8.58 Å². The Hall–Kier alpha value is -1.19. The third-order valence-corrected chi connectivity index (χ3v) is 7.23. The number of nitrogens with one attached hydrogen (secondary N) is 1. The number of hydrogen-bond acceptors (Lipinski definition) is 3. The molecule has 0 aliphatic heterocycles. The van der Waals surface area contributed by atoms with Crippen LogP contribution in [0.3, 0.4) is 0 Å². The molecular weight excluding hydrogens is 333 g/mol. The monoisotopic (exact) mass is 361 g/mol. The van der Waals surface area contributed by atoms with E-state index in [0.717, 1.165) is 12.3 Å². The summed E-state index contributed by atoms with van der Waals surface area (Å²) in [4.78, 5) is 0. The van der Waals surface area contributed by atoms with Crippen molar-refractivity contribution in [3.8, 4) is 5.75 Å². The maximum Gasteiger partial charge on any atom is 0.188 e. The molecule has 1 atom stereocenters. The van der Waals surface area contributed by atoms with Gasteiger partial charge in [-0.2, -0.15) is 0 Å². The number of para-hydroxylation sites is 1. The summed E-state index contributed by atoms with van der Waals surface area (Å²) in [5.74, 6) is 1.02. The SMILES string of the molecule is CNCc1ccccc1Pc1cccc([Si](C)(C)C)c1OCOC. The summed E-state index contributed by atoms with van der Waals surface area (Å²) >= 11 is 0. The zero-order valence-corrected chi connectivity index (χ0v) is 17.3. The molecule has 1 unspecified atom stereocenters. The van der Waals surface area contributed by atoms with E-state index in [1.54, 1.807) is 7.11 Å². The van der Waals surface area contributed by atoms with Crippen molar-refractivity contribution >= 4 is 32.5 Å². The maximum absolute atomic E-state index is 6.02. The normalized spacial score (nSPS) is 12.0. The molecule has 0 bridgehead atoms. The van der Waals surface area contributed by atoms with Crippen LogP contribution in [0.1, 0.15) is 5.56 Å². The summed E-state index contributed by atoms with van der Waals surface area (Å²) in [5, 5.41) is 7.23. The molecule has 5 heteroatoms. The van der Waals surface area contributed by atoms with Gasteiger partial charge in [0.25, 0.3) is 0 Å². The molecule has 0 heterocycles. The average Bonchev–Trinajstić information content (AvgIpc) is 2.54. The Bertz CT molecular complexity index is 671. The first-order valence-corrected chi connectivity index (χ1v) is 12.7. The quantitative estimate of drug-likeness (QED) is 0.445. The van der Waals surface area contributed by atoms with Gasteiger partial charge in [0.15, 0.2) is 6.79 Å². The molecule has 0 fully saturated rings. The second-order valence-corrected chi connectivity index (χ2v) is 13.2. The van der Waals surface area contributed by atoms with E-state index in [4.69, 9.17) is 9.47 Å². The first kappa shape index (κ1) is 19.1. The Labute approximate surface area is 148 Å². The van der Waals surface area contributed by atoms with Gasteiger partial charge in [-0.05, 0) is 23.1 Å². The van der Waals surface area contributed by atoms with Gasteiger partial charge in [-0.3, -0.25) is 0 Å². The summed E-state index contributed by atoms with van der Waals surface area (Å²) in [7, 11) is 2.73. The van der Waals surface area contributed by atoms with E-state index in [1.807, 2.05) is 7.05 Å². The van der Waals surface area contributed by atoms with Crippen molar-refractivity contribution in [1.29, 1.82) is 0 Å². The Morgan fingerprint density at radius 1 is 1.00 bits per heavy atom. The smallest absolute Gasteiger partial charge is 0.188 e. The van der Waals surface area contributed by atoms with Gasteiger partial charge >= 0.3 is 0 Å². The number of ether oxygens (including phenoxy) is 2. The number of benzene rings is 2. The van der Waals surface area contributed by atoms with Gasteiger partial charge in [0.1, 0.15) is 5.75 Å². The second kappa shape index (κ2) is 8.77. The molecule has 3 nitrogen and oxygen atoms in total. The van der Waals surface area contributed by atoms with Gasteiger partial charge in [-0.25, -0.2) is 0 Å². The molecule has 0 aliphatic carbocycles. The molecule has 1 N–H and O–H groups in total. The summed E-state index contributed by atoms with van der Waals surface area (Å²) < 4.78 is 11.2. The van der Waals surface area contributed by atoms with Crippen LogP contribution in [-0.2, 0) is 11.3 Å². The minimum atomic E-state index is -1.49.